The van der Waals surface area contributed by atoms with Gasteiger partial charge in [-0.15, -0.1) is 0 Å². The summed E-state index contributed by atoms with van der Waals surface area (Å²) in [7, 11) is 0. The Balaban J connectivity index is 3.35. The highest BCUT2D eigenvalue weighted by atomic mass is 16.5. The fourth-order valence-electron chi connectivity index (χ4n) is 11.6. The molecule has 6 nitrogen and oxygen atoms in total. The number of hydrogen-bond acceptors (Lipinski definition) is 5. The van der Waals surface area contributed by atoms with Crippen molar-refractivity contribution in [2.45, 2.75) is 424 Å². The van der Waals surface area contributed by atoms with Crippen molar-refractivity contribution < 1.29 is 24.5 Å². The number of aliphatic hydroxyl groups excluding tert-OH is 2. The Labute approximate surface area is 489 Å². The first kappa shape index (κ1) is 76.6. The highest BCUT2D eigenvalue weighted by Crippen LogP contribution is 2.19. The summed E-state index contributed by atoms with van der Waals surface area (Å²) < 4.78 is 5.52. The molecule has 0 saturated carbocycles. The van der Waals surface area contributed by atoms with Crippen LogP contribution in [-0.2, 0) is 14.3 Å². The highest BCUT2D eigenvalue weighted by molar-refractivity contribution is 5.76. The van der Waals surface area contributed by atoms with Crippen molar-refractivity contribution in [3.63, 3.8) is 0 Å². The van der Waals surface area contributed by atoms with Gasteiger partial charge in [0.25, 0.3) is 0 Å². The fourth-order valence-corrected chi connectivity index (χ4v) is 11.6. The molecule has 0 aromatic carbocycles. The van der Waals surface area contributed by atoms with Crippen molar-refractivity contribution in [1.82, 2.24) is 5.32 Å². The van der Waals surface area contributed by atoms with E-state index >= 15 is 0 Å². The lowest BCUT2D eigenvalue weighted by atomic mass is 10.0. The number of amides is 1. The van der Waals surface area contributed by atoms with Gasteiger partial charge in [-0.05, 0) is 32.1 Å². The lowest BCUT2D eigenvalue weighted by Gasteiger charge is -2.20. The van der Waals surface area contributed by atoms with Crippen LogP contribution in [0.5, 0.6) is 0 Å². The summed E-state index contributed by atoms with van der Waals surface area (Å²) in [6.07, 6.45) is 84.4. The molecule has 0 fully saturated rings. The molecule has 0 aliphatic carbocycles. The van der Waals surface area contributed by atoms with Crippen molar-refractivity contribution in [3.8, 4) is 0 Å². The third kappa shape index (κ3) is 63.8. The van der Waals surface area contributed by atoms with Gasteiger partial charge in [0, 0.05) is 12.8 Å². The molecule has 0 aromatic rings. The molecule has 0 rings (SSSR count). The van der Waals surface area contributed by atoms with Crippen molar-refractivity contribution in [3.05, 3.63) is 12.2 Å². The number of ether oxygens (including phenoxy) is 1. The highest BCUT2D eigenvalue weighted by Gasteiger charge is 2.18. The first-order valence-electron chi connectivity index (χ1n) is 36.0. The summed E-state index contributed by atoms with van der Waals surface area (Å²) in [6, 6.07) is -0.626. The standard InChI is InChI=1S/C72H141NO5/c1-3-5-7-9-11-13-15-17-19-21-29-34-38-42-46-50-54-58-62-66-72(77)78-67-63-59-55-51-47-43-39-35-31-28-26-24-22-23-25-27-30-33-37-41-45-49-53-57-61-65-71(76)73-69(68-74)70(75)64-60-56-52-48-44-40-36-32-20-18-16-14-12-10-8-6-4-2/h60,64,69-70,74-75H,3-59,61-63,65-68H2,1-2H3,(H,73,76)/b64-60+. The van der Waals surface area contributed by atoms with Crippen molar-refractivity contribution in [2.24, 2.45) is 0 Å². The molecule has 1 amide bonds. The minimum atomic E-state index is -0.843. The first-order valence-corrected chi connectivity index (χ1v) is 36.0. The third-order valence-corrected chi connectivity index (χ3v) is 17.1. The van der Waals surface area contributed by atoms with Crippen molar-refractivity contribution in [2.75, 3.05) is 13.2 Å². The maximum absolute atomic E-state index is 12.5. The summed E-state index contributed by atoms with van der Waals surface area (Å²) in [5.41, 5.74) is 0. The first-order chi connectivity index (χ1) is 38.5. The lowest BCUT2D eigenvalue weighted by Crippen LogP contribution is -2.45. The molecule has 0 saturated heterocycles. The van der Waals surface area contributed by atoms with E-state index in [4.69, 9.17) is 4.74 Å². The van der Waals surface area contributed by atoms with Crippen molar-refractivity contribution in [1.29, 1.82) is 0 Å². The van der Waals surface area contributed by atoms with E-state index in [-0.39, 0.29) is 18.5 Å². The van der Waals surface area contributed by atoms with Crippen LogP contribution >= 0.6 is 0 Å². The molecule has 0 aliphatic rings. The number of esters is 1. The van der Waals surface area contributed by atoms with Crippen LogP contribution in [0, 0.1) is 0 Å². The summed E-state index contributed by atoms with van der Waals surface area (Å²) in [5.74, 6) is -0.0406. The molecule has 0 spiro atoms. The van der Waals surface area contributed by atoms with E-state index < -0.39 is 12.1 Å². The predicted molar refractivity (Wildman–Crippen MR) is 343 cm³/mol. The van der Waals surface area contributed by atoms with Gasteiger partial charge in [-0.25, -0.2) is 0 Å². The SMILES string of the molecule is CCCCCCCCCCCCCCCCC/C=C/C(O)C(CO)NC(=O)CCCCCCCCCCCCCCCCCCCCCCCCCCCOC(=O)CCCCCCCCCCCCCCCCCCCCC. The zero-order valence-corrected chi connectivity index (χ0v) is 53.2. The summed E-state index contributed by atoms with van der Waals surface area (Å²) in [6.45, 7) is 4.95. The summed E-state index contributed by atoms with van der Waals surface area (Å²) >= 11 is 0. The molecule has 0 radical (unpaired) electrons. The molecule has 0 heterocycles. The Morgan fingerprint density at radius 1 is 0.346 bits per heavy atom. The molecule has 6 heteroatoms. The van der Waals surface area contributed by atoms with Gasteiger partial charge in [0.15, 0.2) is 0 Å². The number of hydrogen-bond donors (Lipinski definition) is 3. The van der Waals surface area contributed by atoms with Gasteiger partial charge in [0.05, 0.1) is 25.4 Å². The second-order valence-corrected chi connectivity index (χ2v) is 24.9. The summed E-state index contributed by atoms with van der Waals surface area (Å²) in [5, 5.41) is 23.2. The topological polar surface area (TPSA) is 95.9 Å². The summed E-state index contributed by atoms with van der Waals surface area (Å²) in [4.78, 5) is 24.6. The van der Waals surface area contributed by atoms with Gasteiger partial charge in [0.1, 0.15) is 0 Å². The van der Waals surface area contributed by atoms with E-state index in [0.29, 0.717) is 19.4 Å². The Kier molecular flexibility index (Phi) is 66.9. The van der Waals surface area contributed by atoms with Crippen LogP contribution in [-0.4, -0.2) is 47.4 Å². The van der Waals surface area contributed by atoms with Crippen LogP contribution in [0.1, 0.15) is 412 Å². The smallest absolute Gasteiger partial charge is 0.305 e. The average Bonchev–Trinajstić information content (AvgIpc) is 3.44. The van der Waals surface area contributed by atoms with Gasteiger partial charge < -0.3 is 20.3 Å². The number of rotatable bonds is 68. The minimum Gasteiger partial charge on any atom is -0.466 e. The van der Waals surface area contributed by atoms with Gasteiger partial charge in [-0.1, -0.05) is 379 Å². The number of aliphatic hydroxyl groups is 2. The fraction of sp³-hybridized carbons (Fsp3) is 0.944. The van der Waals surface area contributed by atoms with E-state index in [1.165, 1.54) is 347 Å². The quantitative estimate of drug-likeness (QED) is 0.0320. The predicted octanol–water partition coefficient (Wildman–Crippen LogP) is 23.1. The maximum atomic E-state index is 12.5. The zero-order chi connectivity index (χ0) is 56.4. The van der Waals surface area contributed by atoms with Crippen LogP contribution in [0.25, 0.3) is 0 Å². The van der Waals surface area contributed by atoms with Gasteiger partial charge in [0.2, 0.25) is 5.91 Å². The van der Waals surface area contributed by atoms with E-state index in [1.54, 1.807) is 6.08 Å². The third-order valence-electron chi connectivity index (χ3n) is 17.1. The normalized spacial score (nSPS) is 12.5. The molecule has 3 N–H and O–H groups in total. The molecule has 2 unspecified atom stereocenters. The molecule has 464 valence electrons. The second-order valence-electron chi connectivity index (χ2n) is 24.9. The maximum Gasteiger partial charge on any atom is 0.305 e. The average molecular weight is 1100 g/mol. The van der Waals surface area contributed by atoms with E-state index in [2.05, 4.69) is 19.2 Å². The van der Waals surface area contributed by atoms with Crippen LogP contribution in [0.3, 0.4) is 0 Å². The molecule has 78 heavy (non-hydrogen) atoms. The lowest BCUT2D eigenvalue weighted by molar-refractivity contribution is -0.143. The monoisotopic (exact) mass is 1100 g/mol. The van der Waals surface area contributed by atoms with Gasteiger partial charge >= 0.3 is 5.97 Å². The Morgan fingerprint density at radius 3 is 0.872 bits per heavy atom. The molecule has 2 atom stereocenters. The Hall–Kier alpha value is -1.40. The van der Waals surface area contributed by atoms with Crippen molar-refractivity contribution >= 4 is 11.9 Å². The number of nitrogens with one attached hydrogen (secondary N) is 1. The van der Waals surface area contributed by atoms with E-state index in [0.717, 1.165) is 38.5 Å². The minimum absolute atomic E-state index is 0.0219. The number of carbonyl (C=O) groups is 2. The molecule has 0 aromatic heterocycles. The van der Waals surface area contributed by atoms with Gasteiger partial charge in [-0.2, -0.15) is 0 Å². The molecular formula is C72H141NO5. The van der Waals surface area contributed by atoms with E-state index in [1.807, 2.05) is 6.08 Å². The molecule has 0 bridgehead atoms. The largest absolute Gasteiger partial charge is 0.466 e. The van der Waals surface area contributed by atoms with E-state index in [9.17, 15) is 19.8 Å². The van der Waals surface area contributed by atoms with Crippen LogP contribution in [0.2, 0.25) is 0 Å². The second kappa shape index (κ2) is 68.1. The van der Waals surface area contributed by atoms with Gasteiger partial charge in [-0.3, -0.25) is 9.59 Å². The number of allylic oxidation sites excluding steroid dienone is 1. The Morgan fingerprint density at radius 2 is 0.590 bits per heavy atom. The zero-order valence-electron chi connectivity index (χ0n) is 53.2. The number of unbranched alkanes of at least 4 members (excludes halogenated alkanes) is 57. The molecular weight excluding hydrogens is 959 g/mol. The van der Waals surface area contributed by atoms with Crippen LogP contribution in [0.15, 0.2) is 12.2 Å². The molecule has 0 aliphatic heterocycles. The Bertz CT molecular complexity index is 1180. The van der Waals surface area contributed by atoms with Crippen LogP contribution in [0.4, 0.5) is 0 Å². The number of carbonyl (C=O) groups excluding carboxylic acids is 2. The van der Waals surface area contributed by atoms with Crippen LogP contribution < -0.4 is 5.32 Å².